The molecule has 0 spiro atoms. The molecule has 3 heterocycles. The Morgan fingerprint density at radius 2 is 2.05 bits per heavy atom. The Morgan fingerprint density at radius 3 is 2.86 bits per heavy atom. The number of hydrogen-bond acceptors (Lipinski definition) is 5. The zero-order valence-corrected chi connectivity index (χ0v) is 12.8. The number of anilines is 1. The van der Waals surface area contributed by atoms with Crippen molar-refractivity contribution in [1.29, 1.82) is 0 Å². The normalized spacial score (nSPS) is 11.1. The third kappa shape index (κ3) is 2.48. The first-order valence-electron chi connectivity index (χ1n) is 6.99. The van der Waals surface area contributed by atoms with Crippen molar-refractivity contribution in [3.8, 4) is 11.3 Å². The summed E-state index contributed by atoms with van der Waals surface area (Å²) in [5.74, 6) is 1.75. The maximum absolute atomic E-state index is 5.86. The number of nitrogens with one attached hydrogen (secondary N) is 1. The molecule has 4 rings (SSSR count). The van der Waals surface area contributed by atoms with E-state index in [0.717, 1.165) is 32.9 Å². The lowest BCUT2D eigenvalue weighted by molar-refractivity contribution is 0.531. The summed E-state index contributed by atoms with van der Waals surface area (Å²) in [4.78, 5) is 5.28. The van der Waals surface area contributed by atoms with Gasteiger partial charge in [-0.2, -0.15) is 0 Å². The molecule has 22 heavy (non-hydrogen) atoms. The van der Waals surface area contributed by atoms with Crippen LogP contribution < -0.4 is 5.32 Å². The summed E-state index contributed by atoms with van der Waals surface area (Å²) in [5, 5.41) is 8.54. The maximum Gasteiger partial charge on any atom is 0.214 e. The first-order valence-corrected chi connectivity index (χ1v) is 7.80. The lowest BCUT2D eigenvalue weighted by Crippen LogP contribution is -1.98. The average Bonchev–Trinajstić information content (AvgIpc) is 3.20. The first-order chi connectivity index (χ1) is 10.8. The Kier molecular flexibility index (Phi) is 3.16. The molecular weight excluding hydrogens is 296 g/mol. The van der Waals surface area contributed by atoms with Crippen LogP contribution in [0.3, 0.4) is 0 Å². The predicted octanol–water partition coefficient (Wildman–Crippen LogP) is 3.97. The Balaban J connectivity index is 1.47. The molecule has 4 aromatic rings. The summed E-state index contributed by atoms with van der Waals surface area (Å²) in [6.45, 7) is 2.56. The molecule has 0 saturated carbocycles. The summed E-state index contributed by atoms with van der Waals surface area (Å²) >= 11 is 1.53. The van der Waals surface area contributed by atoms with Crippen molar-refractivity contribution in [3.63, 3.8) is 0 Å². The van der Waals surface area contributed by atoms with Gasteiger partial charge in [0.15, 0.2) is 0 Å². The highest BCUT2D eigenvalue weighted by atomic mass is 32.1. The molecule has 0 aliphatic rings. The summed E-state index contributed by atoms with van der Waals surface area (Å²) in [6.07, 6.45) is 1.91. The molecular formula is C16H14N4OS. The van der Waals surface area contributed by atoms with Gasteiger partial charge in [-0.3, -0.25) is 0 Å². The van der Waals surface area contributed by atoms with Crippen molar-refractivity contribution in [2.75, 3.05) is 5.32 Å². The van der Waals surface area contributed by atoms with Gasteiger partial charge in [-0.25, -0.2) is 9.50 Å². The molecule has 0 unspecified atom stereocenters. The van der Waals surface area contributed by atoms with Crippen molar-refractivity contribution in [2.24, 2.45) is 0 Å². The standard InChI is InChI=1S/C16H14N4OS/c1-11-10-20-16(18-11)22-15(19-20)17-9-13-7-8-14(21-13)12-5-3-2-4-6-12/h2-8,10H,9H2,1H3,(H,17,19). The van der Waals surface area contributed by atoms with Crippen LogP contribution in [0.15, 0.2) is 53.1 Å². The molecule has 5 nitrogen and oxygen atoms in total. The first kappa shape index (κ1) is 13.1. The van der Waals surface area contributed by atoms with Crippen molar-refractivity contribution in [3.05, 3.63) is 60.1 Å². The van der Waals surface area contributed by atoms with E-state index >= 15 is 0 Å². The molecule has 3 aromatic heterocycles. The van der Waals surface area contributed by atoms with Crippen molar-refractivity contribution in [2.45, 2.75) is 13.5 Å². The van der Waals surface area contributed by atoms with E-state index in [0.29, 0.717) is 6.54 Å². The van der Waals surface area contributed by atoms with Gasteiger partial charge in [-0.15, -0.1) is 5.10 Å². The molecule has 0 fully saturated rings. The van der Waals surface area contributed by atoms with Gasteiger partial charge >= 0.3 is 0 Å². The van der Waals surface area contributed by atoms with Gasteiger partial charge in [-0.05, 0) is 19.1 Å². The number of imidazole rings is 1. The van der Waals surface area contributed by atoms with Crippen LogP contribution in [0.5, 0.6) is 0 Å². The molecule has 0 aliphatic carbocycles. The zero-order valence-electron chi connectivity index (χ0n) is 12.0. The summed E-state index contributed by atoms with van der Waals surface area (Å²) < 4.78 is 7.65. The van der Waals surface area contributed by atoms with Gasteiger partial charge in [0.05, 0.1) is 18.4 Å². The van der Waals surface area contributed by atoms with Crippen molar-refractivity contribution < 1.29 is 4.42 Å². The molecule has 6 heteroatoms. The monoisotopic (exact) mass is 310 g/mol. The highest BCUT2D eigenvalue weighted by molar-refractivity contribution is 7.20. The number of nitrogens with zero attached hydrogens (tertiary/aromatic N) is 3. The van der Waals surface area contributed by atoms with Crippen LogP contribution in [0.2, 0.25) is 0 Å². The fourth-order valence-corrected chi connectivity index (χ4v) is 3.10. The molecule has 1 N–H and O–H groups in total. The molecule has 0 radical (unpaired) electrons. The molecule has 0 bridgehead atoms. The predicted molar refractivity (Wildman–Crippen MR) is 87.1 cm³/mol. The topological polar surface area (TPSA) is 55.4 Å². The van der Waals surface area contributed by atoms with E-state index in [1.54, 1.807) is 4.52 Å². The molecule has 0 aliphatic heterocycles. The van der Waals surface area contributed by atoms with Gasteiger partial charge in [0, 0.05) is 5.56 Å². The molecule has 0 amide bonds. The number of fused-ring (bicyclic) bond motifs is 1. The third-order valence-electron chi connectivity index (χ3n) is 3.30. The summed E-state index contributed by atoms with van der Waals surface area (Å²) in [7, 11) is 0. The van der Waals surface area contributed by atoms with Crippen LogP contribution in [0.1, 0.15) is 11.5 Å². The lowest BCUT2D eigenvalue weighted by atomic mass is 10.2. The smallest absolute Gasteiger partial charge is 0.214 e. The number of furan rings is 1. The van der Waals surface area contributed by atoms with Gasteiger partial charge in [-0.1, -0.05) is 41.7 Å². The minimum absolute atomic E-state index is 0.600. The van der Waals surface area contributed by atoms with E-state index in [2.05, 4.69) is 15.4 Å². The van der Waals surface area contributed by atoms with Crippen LogP contribution >= 0.6 is 11.3 Å². The number of aromatic nitrogens is 3. The number of hydrogen-bond donors (Lipinski definition) is 1. The van der Waals surface area contributed by atoms with Crippen LogP contribution in [0, 0.1) is 6.92 Å². The highest BCUT2D eigenvalue weighted by Crippen LogP contribution is 2.23. The number of aryl methyl sites for hydroxylation is 1. The number of rotatable bonds is 4. The molecule has 1 aromatic carbocycles. The van der Waals surface area contributed by atoms with Crippen LogP contribution in [-0.2, 0) is 6.54 Å². The quantitative estimate of drug-likeness (QED) is 0.619. The van der Waals surface area contributed by atoms with Gasteiger partial charge < -0.3 is 9.73 Å². The largest absolute Gasteiger partial charge is 0.459 e. The van der Waals surface area contributed by atoms with Crippen LogP contribution in [-0.4, -0.2) is 14.6 Å². The third-order valence-corrected chi connectivity index (χ3v) is 4.18. The summed E-state index contributed by atoms with van der Waals surface area (Å²) in [6, 6.07) is 14.0. The van der Waals surface area contributed by atoms with E-state index in [9.17, 15) is 0 Å². The Hall–Kier alpha value is -2.60. The number of benzene rings is 1. The minimum Gasteiger partial charge on any atom is -0.459 e. The van der Waals surface area contributed by atoms with E-state index in [1.807, 2.05) is 55.6 Å². The molecule has 110 valence electrons. The zero-order chi connectivity index (χ0) is 14.9. The second-order valence-corrected chi connectivity index (χ2v) is 5.96. The Morgan fingerprint density at radius 1 is 1.18 bits per heavy atom. The summed E-state index contributed by atoms with van der Waals surface area (Å²) in [5.41, 5.74) is 2.06. The van der Waals surface area contributed by atoms with Gasteiger partial charge in [0.25, 0.3) is 0 Å². The maximum atomic E-state index is 5.86. The fraction of sp³-hybridized carbons (Fsp3) is 0.125. The second-order valence-electron chi connectivity index (χ2n) is 5.00. The Bertz CT molecular complexity index is 875. The Labute approximate surface area is 131 Å². The molecule has 0 saturated heterocycles. The van der Waals surface area contributed by atoms with Crippen molar-refractivity contribution >= 4 is 21.4 Å². The van der Waals surface area contributed by atoms with E-state index in [4.69, 9.17) is 4.42 Å². The van der Waals surface area contributed by atoms with Gasteiger partial charge in [0.2, 0.25) is 10.1 Å². The van der Waals surface area contributed by atoms with Gasteiger partial charge in [0.1, 0.15) is 11.5 Å². The lowest BCUT2D eigenvalue weighted by Gasteiger charge is -1.99. The average molecular weight is 310 g/mol. The van der Waals surface area contributed by atoms with E-state index < -0.39 is 0 Å². The highest BCUT2D eigenvalue weighted by Gasteiger charge is 2.08. The fourth-order valence-electron chi connectivity index (χ4n) is 2.27. The minimum atomic E-state index is 0.600. The van der Waals surface area contributed by atoms with E-state index in [1.165, 1.54) is 11.3 Å². The van der Waals surface area contributed by atoms with Crippen molar-refractivity contribution in [1.82, 2.24) is 14.6 Å². The SMILES string of the molecule is Cc1cn2nc(NCc3ccc(-c4ccccc4)o3)sc2n1. The van der Waals surface area contributed by atoms with Crippen LogP contribution in [0.4, 0.5) is 5.13 Å². The molecule has 0 atom stereocenters. The van der Waals surface area contributed by atoms with Crippen LogP contribution in [0.25, 0.3) is 16.3 Å². The second kappa shape index (κ2) is 5.31. The van der Waals surface area contributed by atoms with E-state index in [-0.39, 0.29) is 0 Å².